The third-order valence-electron chi connectivity index (χ3n) is 11.3. The van der Waals surface area contributed by atoms with E-state index in [4.69, 9.17) is 9.47 Å². The molecular weight excluding hydrogens is 713 g/mol. The molecule has 1 unspecified atom stereocenters. The number of carbonyl (C=O) groups excluding carboxylic acids is 1. The van der Waals surface area contributed by atoms with Gasteiger partial charge in [0.1, 0.15) is 5.75 Å². The van der Waals surface area contributed by atoms with Gasteiger partial charge >= 0.3 is 0 Å². The lowest BCUT2D eigenvalue weighted by Crippen LogP contribution is -2.46. The first kappa shape index (κ1) is 36.5. The first-order chi connectivity index (χ1) is 26.5. The molecule has 13 heteroatoms. The van der Waals surface area contributed by atoms with Crippen molar-refractivity contribution in [1.82, 2.24) is 24.8 Å². The molecule has 8 rings (SSSR count). The van der Waals surface area contributed by atoms with Crippen LogP contribution in [0, 0.1) is 5.92 Å². The van der Waals surface area contributed by atoms with Gasteiger partial charge in [-0.05, 0) is 67.0 Å². The van der Waals surface area contributed by atoms with Crippen molar-refractivity contribution >= 4 is 30.7 Å². The second-order valence-corrected chi connectivity index (χ2v) is 19.1. The van der Waals surface area contributed by atoms with E-state index in [2.05, 4.69) is 15.4 Å². The molecule has 1 fully saturated rings. The monoisotopic (exact) mass is 756 g/mol. The predicted octanol–water partition coefficient (Wildman–Crippen LogP) is 5.54. The van der Waals surface area contributed by atoms with E-state index in [-0.39, 0.29) is 42.0 Å². The Hall–Kier alpha value is -5.47. The van der Waals surface area contributed by atoms with Crippen LogP contribution in [0.2, 0.25) is 18.6 Å². The minimum absolute atomic E-state index is 0.103. The number of benzene rings is 4. The van der Waals surface area contributed by atoms with E-state index in [1.165, 1.54) is 4.68 Å². The van der Waals surface area contributed by atoms with E-state index in [1.54, 1.807) is 29.0 Å². The molecule has 1 saturated heterocycles. The number of anilines is 1. The lowest BCUT2D eigenvalue weighted by atomic mass is 9.82. The minimum atomic E-state index is -2.91. The Morgan fingerprint density at radius 3 is 2.45 bits per heavy atom. The summed E-state index contributed by atoms with van der Waals surface area (Å²) in [4.78, 5) is 41.8. The number of ether oxygens (including phenoxy) is 2. The number of amides is 1. The zero-order valence-electron chi connectivity index (χ0n) is 31.2. The van der Waals surface area contributed by atoms with Crippen LogP contribution in [-0.4, -0.2) is 68.7 Å². The van der Waals surface area contributed by atoms with E-state index in [1.807, 2.05) is 117 Å². The van der Waals surface area contributed by atoms with Crippen molar-refractivity contribution in [3.8, 4) is 11.4 Å². The number of fused-ring (bicyclic) bond motifs is 3. The number of rotatable bonds is 11. The van der Waals surface area contributed by atoms with Gasteiger partial charge in [-0.15, -0.1) is 5.10 Å². The smallest absolute Gasteiger partial charge is 0.279 e. The summed E-state index contributed by atoms with van der Waals surface area (Å²) < 4.78 is 15.8. The molecule has 282 valence electrons. The Labute approximate surface area is 319 Å². The molecule has 2 aliphatic heterocycles. The van der Waals surface area contributed by atoms with Crippen molar-refractivity contribution in [2.45, 2.75) is 62.7 Å². The fourth-order valence-corrected chi connectivity index (χ4v) is 11.3. The summed E-state index contributed by atoms with van der Waals surface area (Å²) in [7, 11) is -1.32. The summed E-state index contributed by atoms with van der Waals surface area (Å²) in [6.45, 7) is 6.43. The SMILES string of the molecule is COc1ccc2c(c1)[C@@]1(O[C@H](CCn3cc(C(CO)c4ccccc4)nn3)[C@@H]([Si](C)(C)O)[C@@H]1C)C(=O)N2Cc1ccc(-n2ncc3ccccc3c2=O)cc1. The van der Waals surface area contributed by atoms with E-state index < -0.39 is 20.0 Å². The number of nitrogens with zero attached hydrogens (tertiary/aromatic N) is 6. The molecule has 6 aromatic rings. The maximum Gasteiger partial charge on any atom is 0.279 e. The van der Waals surface area contributed by atoms with Crippen molar-refractivity contribution in [2.24, 2.45) is 5.92 Å². The quantitative estimate of drug-likeness (QED) is 0.163. The van der Waals surface area contributed by atoms with Gasteiger partial charge in [-0.3, -0.25) is 14.3 Å². The van der Waals surface area contributed by atoms with Crippen molar-refractivity contribution in [2.75, 3.05) is 18.6 Å². The zero-order chi connectivity index (χ0) is 38.5. The number of aromatic nitrogens is 5. The Morgan fingerprint density at radius 1 is 0.982 bits per heavy atom. The first-order valence-corrected chi connectivity index (χ1v) is 21.6. The number of aliphatic hydroxyl groups is 1. The minimum Gasteiger partial charge on any atom is -0.497 e. The van der Waals surface area contributed by atoms with Crippen LogP contribution < -0.4 is 15.2 Å². The molecule has 0 aliphatic carbocycles. The topological polar surface area (TPSA) is 145 Å². The molecule has 5 atom stereocenters. The van der Waals surface area contributed by atoms with Crippen LogP contribution in [-0.2, 0) is 28.2 Å². The van der Waals surface area contributed by atoms with E-state index >= 15 is 0 Å². The lowest BCUT2D eigenvalue weighted by Gasteiger charge is -2.32. The Kier molecular flexibility index (Phi) is 9.50. The third kappa shape index (κ3) is 6.36. The van der Waals surface area contributed by atoms with Crippen molar-refractivity contribution in [3.63, 3.8) is 0 Å². The standard InChI is InChI=1S/C42H44N6O6Si/c1-27-39(55(3,4)52)38(20-21-46-25-36(44-45-46)34(26-49)29-10-6-5-7-11-29)54-42(27)35-22-32(53-2)18-19-37(35)47(41(42)51)24-28-14-16-31(17-15-28)48-40(50)33-13-9-8-12-30(33)23-43-48/h5-19,22-23,25,27,34,38-39,49,52H,20-21,24,26H2,1-4H3/t27-,34?,38+,39-,42+/m0/s1. The molecule has 0 bridgehead atoms. The number of methoxy groups -OCH3 is 1. The molecule has 1 spiro atoms. The highest BCUT2D eigenvalue weighted by Gasteiger charge is 2.66. The van der Waals surface area contributed by atoms with Crippen molar-refractivity contribution < 1.29 is 24.2 Å². The first-order valence-electron chi connectivity index (χ1n) is 18.6. The fraction of sp³-hybridized carbons (Fsp3) is 0.310. The molecule has 2 N–H and O–H groups in total. The molecule has 2 aliphatic rings. The van der Waals surface area contributed by atoms with Crippen LogP contribution in [0.3, 0.4) is 0 Å². The van der Waals surface area contributed by atoms with E-state index in [0.29, 0.717) is 35.5 Å². The Bertz CT molecular complexity index is 2410. The highest BCUT2D eigenvalue weighted by molar-refractivity contribution is 6.71. The van der Waals surface area contributed by atoms with E-state index in [0.717, 1.165) is 27.8 Å². The highest BCUT2D eigenvalue weighted by atomic mass is 28.4. The van der Waals surface area contributed by atoms with Crippen LogP contribution >= 0.6 is 0 Å². The molecule has 1 amide bonds. The van der Waals surface area contributed by atoms with Gasteiger partial charge in [0.15, 0.2) is 13.9 Å². The predicted molar refractivity (Wildman–Crippen MR) is 211 cm³/mol. The van der Waals surface area contributed by atoms with Gasteiger partial charge < -0.3 is 24.3 Å². The molecule has 4 heterocycles. The molecule has 0 radical (unpaired) electrons. The highest BCUT2D eigenvalue weighted by Crippen LogP contribution is 2.60. The largest absolute Gasteiger partial charge is 0.497 e. The molecule has 4 aromatic carbocycles. The van der Waals surface area contributed by atoms with Crippen LogP contribution in [0.5, 0.6) is 5.75 Å². The average Bonchev–Trinajstić information content (AvgIpc) is 3.85. The average molecular weight is 757 g/mol. The summed E-state index contributed by atoms with van der Waals surface area (Å²) in [5, 5.41) is 24.7. The van der Waals surface area contributed by atoms with Gasteiger partial charge in [-0.25, -0.2) is 0 Å². The second-order valence-electron chi connectivity index (χ2n) is 15.1. The Balaban J connectivity index is 1.08. The van der Waals surface area contributed by atoms with Gasteiger partial charge in [-0.1, -0.05) is 72.8 Å². The number of carbonyl (C=O) groups is 1. The summed E-state index contributed by atoms with van der Waals surface area (Å²) >= 11 is 0. The van der Waals surface area contributed by atoms with Gasteiger partial charge in [0, 0.05) is 35.2 Å². The van der Waals surface area contributed by atoms with Gasteiger partial charge in [0.2, 0.25) is 0 Å². The molecule has 12 nitrogen and oxygen atoms in total. The van der Waals surface area contributed by atoms with Crippen LogP contribution in [0.25, 0.3) is 16.5 Å². The number of aliphatic hydroxyl groups excluding tert-OH is 1. The van der Waals surface area contributed by atoms with Crippen LogP contribution in [0.1, 0.15) is 41.6 Å². The van der Waals surface area contributed by atoms with Gasteiger partial charge in [0.05, 0.1) is 60.9 Å². The summed E-state index contributed by atoms with van der Waals surface area (Å²) in [5.41, 5.74) is 2.70. The zero-order valence-corrected chi connectivity index (χ0v) is 32.2. The summed E-state index contributed by atoms with van der Waals surface area (Å²) in [6, 6.07) is 30.2. The van der Waals surface area contributed by atoms with Crippen LogP contribution in [0.4, 0.5) is 5.69 Å². The fourth-order valence-electron chi connectivity index (χ4n) is 8.71. The number of hydrogen-bond acceptors (Lipinski definition) is 9. The van der Waals surface area contributed by atoms with E-state index in [9.17, 15) is 19.5 Å². The maximum atomic E-state index is 15.0. The number of aryl methyl sites for hydroxylation is 1. The number of hydrogen-bond donors (Lipinski definition) is 2. The third-order valence-corrected chi connectivity index (χ3v) is 13.9. The lowest BCUT2D eigenvalue weighted by molar-refractivity contribution is -0.146. The molecule has 2 aromatic heterocycles. The Morgan fingerprint density at radius 2 is 1.73 bits per heavy atom. The van der Waals surface area contributed by atoms with Gasteiger partial charge in [0.25, 0.3) is 11.5 Å². The summed E-state index contributed by atoms with van der Waals surface area (Å²) in [5.74, 6) is -0.250. The van der Waals surface area contributed by atoms with Gasteiger partial charge in [-0.2, -0.15) is 9.78 Å². The molecular formula is C42H44N6O6Si. The van der Waals surface area contributed by atoms with Crippen molar-refractivity contribution in [1.29, 1.82) is 0 Å². The molecule has 55 heavy (non-hydrogen) atoms. The summed E-state index contributed by atoms with van der Waals surface area (Å²) in [6.07, 6.45) is 3.56. The van der Waals surface area contributed by atoms with Crippen LogP contribution in [0.15, 0.2) is 114 Å². The molecule has 0 saturated carbocycles. The normalized spacial score (nSPS) is 21.4. The second kappa shape index (κ2) is 14.3. The maximum absolute atomic E-state index is 15.0. The van der Waals surface area contributed by atoms with Crippen molar-refractivity contribution in [3.05, 3.63) is 142 Å².